The molecule has 0 amide bonds. The largest absolute Gasteiger partial charge is 0.492 e. The number of alkyl halides is 3. The van der Waals surface area contributed by atoms with Crippen molar-refractivity contribution in [2.45, 2.75) is 24.6 Å². The van der Waals surface area contributed by atoms with Crippen LogP contribution < -0.4 is 4.74 Å². The van der Waals surface area contributed by atoms with E-state index in [2.05, 4.69) is 0 Å². The number of rotatable bonds is 4. The van der Waals surface area contributed by atoms with Crippen LogP contribution >= 0.6 is 34.8 Å². The van der Waals surface area contributed by atoms with Crippen LogP contribution in [0.1, 0.15) is 18.1 Å². The van der Waals surface area contributed by atoms with Gasteiger partial charge in [0, 0.05) is 0 Å². The van der Waals surface area contributed by atoms with Crippen LogP contribution in [0.15, 0.2) is 18.2 Å². The smallest absolute Gasteiger partial charge is 0.249 e. The Bertz CT molecular complexity index is 418. The molecule has 1 rings (SSSR count). The first-order valence-corrected chi connectivity index (χ1v) is 6.67. The number of hydrogen-bond donors (Lipinski definition) is 0. The molecule has 18 heavy (non-hydrogen) atoms. The van der Waals surface area contributed by atoms with E-state index in [1.165, 1.54) is 0 Å². The number of hydrogen-bond acceptors (Lipinski definition) is 2. The molecule has 0 heterocycles. The van der Waals surface area contributed by atoms with Gasteiger partial charge in [0.15, 0.2) is 5.78 Å². The second kappa shape index (κ2) is 6.14. The lowest BCUT2D eigenvalue weighted by atomic mass is 10.1. The molecule has 0 aliphatic heterocycles. The summed E-state index contributed by atoms with van der Waals surface area (Å²) in [6.07, 6.45) is 0. The van der Waals surface area contributed by atoms with Gasteiger partial charge in [-0.1, -0.05) is 59.9 Å². The molecule has 0 radical (unpaired) electrons. The molecule has 5 heteroatoms. The van der Waals surface area contributed by atoms with Gasteiger partial charge in [-0.3, -0.25) is 4.79 Å². The highest BCUT2D eigenvalue weighted by Crippen LogP contribution is 2.31. The predicted octanol–water partition coefficient (Wildman–Crippen LogP) is 4.26. The van der Waals surface area contributed by atoms with Crippen molar-refractivity contribution in [1.29, 1.82) is 0 Å². The minimum atomic E-state index is -1.89. The lowest BCUT2D eigenvalue weighted by Gasteiger charge is -2.18. The third-order valence-electron chi connectivity index (χ3n) is 2.61. The van der Waals surface area contributed by atoms with Crippen LogP contribution in [-0.4, -0.2) is 16.2 Å². The lowest BCUT2D eigenvalue weighted by Crippen LogP contribution is -2.29. The van der Waals surface area contributed by atoms with E-state index < -0.39 is 15.5 Å². The Morgan fingerprint density at radius 3 is 2.22 bits per heavy atom. The van der Waals surface area contributed by atoms with Crippen LogP contribution in [0.5, 0.6) is 5.75 Å². The number of halogens is 3. The third-order valence-corrected chi connectivity index (χ3v) is 3.17. The number of benzene rings is 1. The van der Waals surface area contributed by atoms with Gasteiger partial charge in [0.1, 0.15) is 5.75 Å². The number of ketones is 1. The summed E-state index contributed by atoms with van der Waals surface area (Å²) in [5.74, 6) is -0.156. The van der Waals surface area contributed by atoms with Crippen molar-refractivity contribution < 1.29 is 9.53 Å². The second-order valence-corrected chi connectivity index (χ2v) is 6.58. The Hall–Kier alpha value is -0.440. The number of para-hydroxylation sites is 1. The van der Waals surface area contributed by atoms with Crippen molar-refractivity contribution in [3.63, 3.8) is 0 Å². The Balaban J connectivity index is 2.69. The molecular formula is C13H15Cl3O2. The zero-order valence-electron chi connectivity index (χ0n) is 10.5. The first kappa shape index (κ1) is 15.6. The SMILES string of the molecule is Cc1cccc(C)c1OCC(C)C(=O)C(Cl)(Cl)Cl. The maximum atomic E-state index is 11.7. The Morgan fingerprint density at radius 1 is 1.28 bits per heavy atom. The van der Waals surface area contributed by atoms with E-state index in [0.717, 1.165) is 16.9 Å². The van der Waals surface area contributed by atoms with E-state index in [1.807, 2.05) is 32.0 Å². The molecule has 100 valence electrons. The van der Waals surface area contributed by atoms with Crippen molar-refractivity contribution in [3.05, 3.63) is 29.3 Å². The summed E-state index contributed by atoms with van der Waals surface area (Å²) >= 11 is 16.6. The van der Waals surface area contributed by atoms with E-state index in [-0.39, 0.29) is 6.61 Å². The minimum absolute atomic E-state index is 0.193. The van der Waals surface area contributed by atoms with Gasteiger partial charge < -0.3 is 4.74 Å². The van der Waals surface area contributed by atoms with Crippen molar-refractivity contribution >= 4 is 40.6 Å². The van der Waals surface area contributed by atoms with E-state index in [4.69, 9.17) is 39.5 Å². The second-order valence-electron chi connectivity index (χ2n) is 4.29. The molecule has 0 saturated carbocycles. The Kier molecular flexibility index (Phi) is 5.32. The van der Waals surface area contributed by atoms with E-state index in [9.17, 15) is 4.79 Å². The van der Waals surface area contributed by atoms with Crippen molar-refractivity contribution in [2.75, 3.05) is 6.61 Å². The molecule has 0 aromatic heterocycles. The normalized spacial score (nSPS) is 13.2. The molecule has 0 fully saturated rings. The predicted molar refractivity (Wildman–Crippen MR) is 75.9 cm³/mol. The molecule has 0 N–H and O–H groups in total. The van der Waals surface area contributed by atoms with Crippen molar-refractivity contribution in [3.8, 4) is 5.75 Å². The van der Waals surface area contributed by atoms with Gasteiger partial charge in [0.25, 0.3) is 0 Å². The van der Waals surface area contributed by atoms with Gasteiger partial charge >= 0.3 is 0 Å². The summed E-state index contributed by atoms with van der Waals surface area (Å²) in [7, 11) is 0. The van der Waals surface area contributed by atoms with Crippen molar-refractivity contribution in [2.24, 2.45) is 5.92 Å². The molecule has 0 aliphatic carbocycles. The summed E-state index contributed by atoms with van der Waals surface area (Å²) < 4.78 is 3.76. The van der Waals surface area contributed by atoms with Gasteiger partial charge in [-0.05, 0) is 25.0 Å². The Morgan fingerprint density at radius 2 is 1.78 bits per heavy atom. The number of Topliss-reactive ketones (excluding diaryl/α,β-unsaturated/α-hetero) is 1. The van der Waals surface area contributed by atoms with Crippen LogP contribution in [0.2, 0.25) is 0 Å². The monoisotopic (exact) mass is 308 g/mol. The maximum absolute atomic E-state index is 11.7. The fraction of sp³-hybridized carbons (Fsp3) is 0.462. The highest BCUT2D eigenvalue weighted by atomic mass is 35.6. The zero-order valence-corrected chi connectivity index (χ0v) is 12.7. The molecule has 0 spiro atoms. The maximum Gasteiger partial charge on any atom is 0.249 e. The highest BCUT2D eigenvalue weighted by molar-refractivity contribution is 6.76. The van der Waals surface area contributed by atoms with Crippen LogP contribution in [0.25, 0.3) is 0 Å². The fourth-order valence-electron chi connectivity index (χ4n) is 1.59. The summed E-state index contributed by atoms with van der Waals surface area (Å²) in [6.45, 7) is 5.77. The first-order valence-electron chi connectivity index (χ1n) is 5.53. The molecule has 0 aliphatic rings. The summed E-state index contributed by atoms with van der Waals surface area (Å²) in [5, 5.41) is 0. The van der Waals surface area contributed by atoms with Gasteiger partial charge in [-0.2, -0.15) is 0 Å². The number of ether oxygens (including phenoxy) is 1. The van der Waals surface area contributed by atoms with E-state index in [0.29, 0.717) is 0 Å². The molecule has 1 aromatic carbocycles. The molecular weight excluding hydrogens is 294 g/mol. The zero-order chi connectivity index (χ0) is 13.9. The Labute approximate surface area is 122 Å². The standard InChI is InChI=1S/C13H15Cl3O2/c1-8-5-4-6-9(2)11(8)18-7-10(3)12(17)13(14,15)16/h4-6,10H,7H2,1-3H3. The number of carbonyl (C=O) groups excluding carboxylic acids is 1. The van der Waals surface area contributed by atoms with Crippen molar-refractivity contribution in [1.82, 2.24) is 0 Å². The van der Waals surface area contributed by atoms with E-state index in [1.54, 1.807) is 6.92 Å². The summed E-state index contributed by atoms with van der Waals surface area (Å²) in [6, 6.07) is 5.85. The molecule has 0 saturated heterocycles. The van der Waals surface area contributed by atoms with Crippen LogP contribution in [0, 0.1) is 19.8 Å². The van der Waals surface area contributed by atoms with Crippen LogP contribution in [0.4, 0.5) is 0 Å². The van der Waals surface area contributed by atoms with Gasteiger partial charge in [0.05, 0.1) is 12.5 Å². The quantitative estimate of drug-likeness (QED) is 0.777. The first-order chi connectivity index (χ1) is 8.23. The van der Waals surface area contributed by atoms with Gasteiger partial charge in [-0.15, -0.1) is 0 Å². The molecule has 2 nitrogen and oxygen atoms in total. The average Bonchev–Trinajstić information content (AvgIpc) is 2.25. The molecule has 1 unspecified atom stereocenters. The van der Waals surface area contributed by atoms with Gasteiger partial charge in [0.2, 0.25) is 3.79 Å². The topological polar surface area (TPSA) is 26.3 Å². The van der Waals surface area contributed by atoms with Crippen LogP contribution in [0.3, 0.4) is 0 Å². The number of carbonyl (C=O) groups is 1. The summed E-state index contributed by atoms with van der Waals surface area (Å²) in [5.41, 5.74) is 2.03. The molecule has 0 bridgehead atoms. The third kappa shape index (κ3) is 4.04. The highest BCUT2D eigenvalue weighted by Gasteiger charge is 2.34. The fourth-order valence-corrected chi connectivity index (χ4v) is 2.15. The van der Waals surface area contributed by atoms with Crippen LogP contribution in [-0.2, 0) is 4.79 Å². The van der Waals surface area contributed by atoms with E-state index >= 15 is 0 Å². The average molecular weight is 310 g/mol. The number of aryl methyl sites for hydroxylation is 2. The molecule has 1 atom stereocenters. The van der Waals surface area contributed by atoms with Gasteiger partial charge in [-0.25, -0.2) is 0 Å². The molecule has 1 aromatic rings. The minimum Gasteiger partial charge on any atom is -0.492 e. The lowest BCUT2D eigenvalue weighted by molar-refractivity contribution is -0.122. The summed E-state index contributed by atoms with van der Waals surface area (Å²) in [4.78, 5) is 11.7.